The Hall–Kier alpha value is -2.50. The molecule has 1 saturated heterocycles. The van der Waals surface area contributed by atoms with E-state index in [0.717, 1.165) is 61.5 Å². The van der Waals surface area contributed by atoms with Crippen LogP contribution in [0.2, 0.25) is 0 Å². The number of fused-ring (bicyclic) bond motifs is 1. The first-order valence-corrected chi connectivity index (χ1v) is 9.41. The Morgan fingerprint density at radius 3 is 2.96 bits per heavy atom. The summed E-state index contributed by atoms with van der Waals surface area (Å²) in [5.41, 5.74) is 2.55. The summed E-state index contributed by atoms with van der Waals surface area (Å²) in [5, 5.41) is 0. The zero-order valence-corrected chi connectivity index (χ0v) is 15.1. The van der Waals surface area contributed by atoms with E-state index in [0.29, 0.717) is 13.0 Å². The fourth-order valence-electron chi connectivity index (χ4n) is 4.27. The molecular formula is C20H24N4O2. The van der Waals surface area contributed by atoms with Crippen molar-refractivity contribution in [3.8, 4) is 0 Å². The lowest BCUT2D eigenvalue weighted by Crippen LogP contribution is -2.41. The third kappa shape index (κ3) is 3.16. The normalized spacial score (nSPS) is 19.4. The minimum Gasteiger partial charge on any atom is -0.342 e. The standard InChI is InChI=1S/C20H24N4O2/c1-14-19(24-11-5-8-17(24)22-20(14)26)15-6-4-10-23(13-15)18(25)12-16-7-2-3-9-21-16/h2-3,7,9,15H,4-6,8,10-13H2,1H3/t15-/m1/s1. The van der Waals surface area contributed by atoms with E-state index in [2.05, 4.69) is 14.5 Å². The summed E-state index contributed by atoms with van der Waals surface area (Å²) in [6.07, 6.45) is 5.94. The Kier molecular flexibility index (Phi) is 4.57. The molecule has 2 aliphatic rings. The first-order valence-electron chi connectivity index (χ1n) is 9.41. The lowest BCUT2D eigenvalue weighted by Gasteiger charge is -2.34. The van der Waals surface area contributed by atoms with Gasteiger partial charge in [0.1, 0.15) is 5.82 Å². The number of carbonyl (C=O) groups excluding carboxylic acids is 1. The summed E-state index contributed by atoms with van der Waals surface area (Å²) in [4.78, 5) is 35.5. The first kappa shape index (κ1) is 16.9. The second-order valence-corrected chi connectivity index (χ2v) is 7.28. The highest BCUT2D eigenvalue weighted by atomic mass is 16.2. The molecule has 6 heteroatoms. The predicted molar refractivity (Wildman–Crippen MR) is 98.1 cm³/mol. The lowest BCUT2D eigenvalue weighted by atomic mass is 9.91. The molecule has 0 N–H and O–H groups in total. The second-order valence-electron chi connectivity index (χ2n) is 7.28. The molecule has 1 amide bonds. The van der Waals surface area contributed by atoms with Crippen LogP contribution < -0.4 is 5.56 Å². The van der Waals surface area contributed by atoms with Crippen LogP contribution >= 0.6 is 0 Å². The highest BCUT2D eigenvalue weighted by Crippen LogP contribution is 2.30. The van der Waals surface area contributed by atoms with Crippen molar-refractivity contribution in [3.63, 3.8) is 0 Å². The van der Waals surface area contributed by atoms with Gasteiger partial charge in [-0.1, -0.05) is 6.07 Å². The molecule has 0 bridgehead atoms. The van der Waals surface area contributed by atoms with Gasteiger partial charge >= 0.3 is 0 Å². The zero-order valence-electron chi connectivity index (χ0n) is 15.1. The Morgan fingerprint density at radius 1 is 1.27 bits per heavy atom. The molecule has 0 radical (unpaired) electrons. The van der Waals surface area contributed by atoms with E-state index in [1.54, 1.807) is 6.20 Å². The molecule has 6 nitrogen and oxygen atoms in total. The third-order valence-electron chi connectivity index (χ3n) is 5.54. The molecule has 0 spiro atoms. The second kappa shape index (κ2) is 7.02. The largest absolute Gasteiger partial charge is 0.342 e. The maximum Gasteiger partial charge on any atom is 0.276 e. The molecule has 1 atom stereocenters. The quantitative estimate of drug-likeness (QED) is 0.845. The fourth-order valence-corrected chi connectivity index (χ4v) is 4.27. The Morgan fingerprint density at radius 2 is 2.15 bits per heavy atom. The Balaban J connectivity index is 1.56. The lowest BCUT2D eigenvalue weighted by molar-refractivity contribution is -0.131. The van der Waals surface area contributed by atoms with Crippen molar-refractivity contribution < 1.29 is 4.79 Å². The van der Waals surface area contributed by atoms with Gasteiger partial charge in [0.25, 0.3) is 5.56 Å². The molecule has 26 heavy (non-hydrogen) atoms. The predicted octanol–water partition coefficient (Wildman–Crippen LogP) is 1.84. The van der Waals surface area contributed by atoms with Gasteiger partial charge in [0.15, 0.2) is 0 Å². The van der Waals surface area contributed by atoms with Crippen LogP contribution in [0.5, 0.6) is 0 Å². The molecule has 136 valence electrons. The van der Waals surface area contributed by atoms with Crippen LogP contribution in [-0.4, -0.2) is 38.4 Å². The number of aryl methyl sites for hydroxylation is 1. The summed E-state index contributed by atoms with van der Waals surface area (Å²) in [7, 11) is 0. The highest BCUT2D eigenvalue weighted by molar-refractivity contribution is 5.78. The number of rotatable bonds is 3. The summed E-state index contributed by atoms with van der Waals surface area (Å²) < 4.78 is 2.23. The van der Waals surface area contributed by atoms with Crippen molar-refractivity contribution >= 4 is 5.91 Å². The van der Waals surface area contributed by atoms with Crippen molar-refractivity contribution in [3.05, 3.63) is 57.5 Å². The SMILES string of the molecule is Cc1c([C@@H]2CCCN(C(=O)Cc3ccccn3)C2)n2c(nc1=O)CCC2. The molecular weight excluding hydrogens is 328 g/mol. The van der Waals surface area contributed by atoms with Crippen molar-refractivity contribution in [2.45, 2.75) is 51.5 Å². The van der Waals surface area contributed by atoms with Crippen molar-refractivity contribution in [2.75, 3.05) is 13.1 Å². The van der Waals surface area contributed by atoms with Gasteiger partial charge in [-0.3, -0.25) is 14.6 Å². The van der Waals surface area contributed by atoms with Crippen molar-refractivity contribution in [1.29, 1.82) is 0 Å². The molecule has 2 aliphatic heterocycles. The van der Waals surface area contributed by atoms with E-state index in [1.165, 1.54) is 0 Å². The van der Waals surface area contributed by atoms with Gasteiger partial charge in [0.2, 0.25) is 5.91 Å². The summed E-state index contributed by atoms with van der Waals surface area (Å²) in [6.45, 7) is 4.26. The average molecular weight is 352 g/mol. The molecule has 2 aromatic rings. The van der Waals surface area contributed by atoms with Crippen LogP contribution in [-0.2, 0) is 24.2 Å². The van der Waals surface area contributed by atoms with E-state index in [1.807, 2.05) is 30.0 Å². The number of hydrogen-bond donors (Lipinski definition) is 0. The summed E-state index contributed by atoms with van der Waals surface area (Å²) >= 11 is 0. The molecule has 1 fully saturated rings. The zero-order chi connectivity index (χ0) is 18.1. The molecule has 2 aromatic heterocycles. The van der Waals surface area contributed by atoms with Crippen molar-refractivity contribution in [1.82, 2.24) is 19.4 Å². The van der Waals surface area contributed by atoms with Gasteiger partial charge in [-0.15, -0.1) is 0 Å². The summed E-state index contributed by atoms with van der Waals surface area (Å²) in [6, 6.07) is 5.65. The number of piperidine rings is 1. The number of likely N-dealkylation sites (tertiary alicyclic amines) is 1. The molecule has 0 unspecified atom stereocenters. The minimum absolute atomic E-state index is 0.106. The molecule has 4 rings (SSSR count). The highest BCUT2D eigenvalue weighted by Gasteiger charge is 2.30. The van der Waals surface area contributed by atoms with E-state index < -0.39 is 0 Å². The van der Waals surface area contributed by atoms with Gasteiger partial charge in [0.05, 0.1) is 6.42 Å². The number of hydrogen-bond acceptors (Lipinski definition) is 4. The van der Waals surface area contributed by atoms with Gasteiger partial charge in [-0.25, -0.2) is 0 Å². The Labute approximate surface area is 152 Å². The van der Waals surface area contributed by atoms with Gasteiger partial charge in [-0.2, -0.15) is 4.98 Å². The van der Waals surface area contributed by atoms with E-state index in [-0.39, 0.29) is 17.4 Å². The smallest absolute Gasteiger partial charge is 0.276 e. The molecule has 0 aromatic carbocycles. The number of amides is 1. The van der Waals surface area contributed by atoms with Crippen LogP contribution in [0.4, 0.5) is 0 Å². The van der Waals surface area contributed by atoms with Crippen LogP contribution in [0.3, 0.4) is 0 Å². The molecule has 0 aliphatic carbocycles. The maximum absolute atomic E-state index is 12.7. The fraction of sp³-hybridized carbons (Fsp3) is 0.500. The molecule has 4 heterocycles. The topological polar surface area (TPSA) is 68.1 Å². The number of aromatic nitrogens is 3. The van der Waals surface area contributed by atoms with Crippen LogP contribution in [0.15, 0.2) is 29.2 Å². The molecule has 0 saturated carbocycles. The van der Waals surface area contributed by atoms with Crippen LogP contribution in [0.25, 0.3) is 0 Å². The van der Waals surface area contributed by atoms with Gasteiger partial charge in [0, 0.05) is 55.1 Å². The number of nitrogens with zero attached hydrogens (tertiary/aromatic N) is 4. The van der Waals surface area contributed by atoms with Crippen LogP contribution in [0.1, 0.15) is 48.0 Å². The minimum atomic E-state index is -0.106. The Bertz CT molecular complexity index is 875. The van der Waals surface area contributed by atoms with Gasteiger partial charge < -0.3 is 9.47 Å². The number of carbonyl (C=O) groups is 1. The average Bonchev–Trinajstić information content (AvgIpc) is 3.11. The monoisotopic (exact) mass is 352 g/mol. The van der Waals surface area contributed by atoms with E-state index >= 15 is 0 Å². The van der Waals surface area contributed by atoms with Gasteiger partial charge in [-0.05, 0) is 38.3 Å². The van der Waals surface area contributed by atoms with Crippen molar-refractivity contribution in [2.24, 2.45) is 0 Å². The number of pyridine rings is 1. The first-order chi connectivity index (χ1) is 12.6. The van der Waals surface area contributed by atoms with E-state index in [9.17, 15) is 9.59 Å². The third-order valence-corrected chi connectivity index (χ3v) is 5.54. The maximum atomic E-state index is 12.7. The van der Waals surface area contributed by atoms with E-state index in [4.69, 9.17) is 0 Å². The van der Waals surface area contributed by atoms with Crippen LogP contribution in [0, 0.1) is 6.92 Å². The summed E-state index contributed by atoms with van der Waals surface area (Å²) in [5.74, 6) is 1.24.